The Kier molecular flexibility index (Phi) is 2.92. The van der Waals surface area contributed by atoms with Crippen LogP contribution in [0.5, 0.6) is 0 Å². The molecule has 92 valence electrons. The van der Waals surface area contributed by atoms with Crippen LogP contribution in [-0.2, 0) is 6.42 Å². The van der Waals surface area contributed by atoms with Crippen molar-refractivity contribution in [2.75, 3.05) is 0 Å². The van der Waals surface area contributed by atoms with Crippen LogP contribution in [0.25, 0.3) is 0 Å². The van der Waals surface area contributed by atoms with Crippen LogP contribution in [0.2, 0.25) is 5.02 Å². The third-order valence-electron chi connectivity index (χ3n) is 4.46. The fourth-order valence-electron chi connectivity index (χ4n) is 3.29. The average molecular weight is 251 g/mol. The molecule has 2 aliphatic rings. The van der Waals surface area contributed by atoms with Crippen LogP contribution in [0.3, 0.4) is 0 Å². The lowest BCUT2D eigenvalue weighted by Crippen LogP contribution is -2.21. The second-order valence-electron chi connectivity index (χ2n) is 5.85. The van der Waals surface area contributed by atoms with Crippen LogP contribution in [-0.4, -0.2) is 11.2 Å². The molecule has 0 spiro atoms. The average Bonchev–Trinajstić information content (AvgIpc) is 2.89. The van der Waals surface area contributed by atoms with Crippen molar-refractivity contribution >= 4 is 11.6 Å². The fraction of sp³-hybridized carbons (Fsp3) is 0.600. The molecule has 3 unspecified atom stereocenters. The molecule has 3 atom stereocenters. The van der Waals surface area contributed by atoms with Crippen LogP contribution in [0.15, 0.2) is 18.2 Å². The van der Waals surface area contributed by atoms with Crippen molar-refractivity contribution in [3.8, 4) is 0 Å². The lowest BCUT2D eigenvalue weighted by Gasteiger charge is -2.20. The molecule has 0 heterocycles. The van der Waals surface area contributed by atoms with Gasteiger partial charge in [-0.05, 0) is 61.1 Å². The van der Waals surface area contributed by atoms with Gasteiger partial charge < -0.3 is 5.11 Å². The number of rotatable bonds is 3. The van der Waals surface area contributed by atoms with Gasteiger partial charge in [-0.15, -0.1) is 0 Å². The lowest BCUT2D eigenvalue weighted by atomic mass is 9.92. The number of hydrogen-bond acceptors (Lipinski definition) is 1. The summed E-state index contributed by atoms with van der Waals surface area (Å²) in [6, 6.07) is 6.10. The summed E-state index contributed by atoms with van der Waals surface area (Å²) in [5.41, 5.74) is 2.26. The molecule has 1 nitrogen and oxygen atoms in total. The monoisotopic (exact) mass is 250 g/mol. The topological polar surface area (TPSA) is 20.2 Å². The van der Waals surface area contributed by atoms with Gasteiger partial charge in [0, 0.05) is 11.4 Å². The molecule has 0 aliphatic heterocycles. The maximum Gasteiger partial charge on any atom is 0.0609 e. The lowest BCUT2D eigenvalue weighted by molar-refractivity contribution is 0.104. The molecular formula is C15H19ClO. The first-order valence-corrected chi connectivity index (χ1v) is 6.94. The van der Waals surface area contributed by atoms with E-state index in [1.54, 1.807) is 0 Å². The highest BCUT2D eigenvalue weighted by Gasteiger charge is 2.47. The predicted octanol–water partition coefficient (Wildman–Crippen LogP) is 3.60. The van der Waals surface area contributed by atoms with Crippen LogP contribution < -0.4 is 0 Å². The van der Waals surface area contributed by atoms with Crippen molar-refractivity contribution in [1.82, 2.24) is 0 Å². The number of halogens is 1. The number of aryl methyl sites for hydroxylation is 1. The Morgan fingerprint density at radius 3 is 2.65 bits per heavy atom. The maximum absolute atomic E-state index is 10.3. The molecule has 2 aliphatic carbocycles. The Labute approximate surface area is 108 Å². The summed E-state index contributed by atoms with van der Waals surface area (Å²) in [5.74, 6) is 2.38. The zero-order chi connectivity index (χ0) is 12.0. The molecule has 0 amide bonds. The summed E-state index contributed by atoms with van der Waals surface area (Å²) in [5, 5.41) is 11.1. The minimum absolute atomic E-state index is 0.206. The van der Waals surface area contributed by atoms with Crippen LogP contribution in [0, 0.1) is 24.7 Å². The summed E-state index contributed by atoms with van der Waals surface area (Å²) in [6.45, 7) is 2.04. The molecule has 2 heteroatoms. The first kappa shape index (κ1) is 11.6. The minimum Gasteiger partial charge on any atom is -0.392 e. The molecule has 1 aromatic carbocycles. The van der Waals surface area contributed by atoms with E-state index in [1.165, 1.54) is 24.8 Å². The molecule has 0 saturated heterocycles. The summed E-state index contributed by atoms with van der Waals surface area (Å²) in [6.07, 6.45) is 4.38. The van der Waals surface area contributed by atoms with Crippen molar-refractivity contribution in [1.29, 1.82) is 0 Å². The largest absolute Gasteiger partial charge is 0.392 e. The Morgan fingerprint density at radius 2 is 2.00 bits per heavy atom. The van der Waals surface area contributed by atoms with Crippen LogP contribution in [0.4, 0.5) is 0 Å². The molecule has 1 N–H and O–H groups in total. The van der Waals surface area contributed by atoms with Gasteiger partial charge >= 0.3 is 0 Å². The molecular weight excluding hydrogens is 232 g/mol. The van der Waals surface area contributed by atoms with E-state index in [9.17, 15) is 5.11 Å². The van der Waals surface area contributed by atoms with E-state index in [-0.39, 0.29) is 6.10 Å². The van der Waals surface area contributed by atoms with Gasteiger partial charge in [-0.2, -0.15) is 0 Å². The van der Waals surface area contributed by atoms with Crippen LogP contribution in [0.1, 0.15) is 30.4 Å². The molecule has 2 saturated carbocycles. The molecule has 17 heavy (non-hydrogen) atoms. The molecule has 0 radical (unpaired) electrons. The van der Waals surface area contributed by atoms with Crippen molar-refractivity contribution in [2.45, 2.75) is 38.7 Å². The third-order valence-corrected chi connectivity index (χ3v) is 4.81. The van der Waals surface area contributed by atoms with E-state index in [4.69, 9.17) is 11.6 Å². The SMILES string of the molecule is Cc1ccc(CC(O)C2CC3CC3C2)c(Cl)c1. The third kappa shape index (κ3) is 2.36. The van der Waals surface area contributed by atoms with Crippen molar-refractivity contribution in [2.24, 2.45) is 17.8 Å². The van der Waals surface area contributed by atoms with E-state index >= 15 is 0 Å². The number of fused-ring (bicyclic) bond motifs is 1. The Hall–Kier alpha value is -0.530. The maximum atomic E-state index is 10.3. The highest BCUT2D eigenvalue weighted by molar-refractivity contribution is 6.31. The van der Waals surface area contributed by atoms with Gasteiger partial charge in [0.25, 0.3) is 0 Å². The van der Waals surface area contributed by atoms with Gasteiger partial charge in [-0.1, -0.05) is 23.7 Å². The van der Waals surface area contributed by atoms with Crippen molar-refractivity contribution < 1.29 is 5.11 Å². The minimum atomic E-state index is -0.206. The van der Waals surface area contributed by atoms with Gasteiger partial charge in [0.15, 0.2) is 0 Å². The molecule has 2 fully saturated rings. The highest BCUT2D eigenvalue weighted by atomic mass is 35.5. The van der Waals surface area contributed by atoms with Gasteiger partial charge in [0.1, 0.15) is 0 Å². The second kappa shape index (κ2) is 4.29. The van der Waals surface area contributed by atoms with E-state index in [0.717, 1.165) is 22.4 Å². The summed E-state index contributed by atoms with van der Waals surface area (Å²) < 4.78 is 0. The van der Waals surface area contributed by atoms with Gasteiger partial charge in [-0.25, -0.2) is 0 Å². The quantitative estimate of drug-likeness (QED) is 0.869. The number of benzene rings is 1. The zero-order valence-electron chi connectivity index (χ0n) is 10.2. The smallest absolute Gasteiger partial charge is 0.0609 e. The first-order valence-electron chi connectivity index (χ1n) is 6.56. The standard InChI is InChI=1S/C15H19ClO/c1-9-2-3-10(14(16)4-9)8-15(17)13-6-11-5-12(11)7-13/h2-4,11-13,15,17H,5-8H2,1H3. The second-order valence-corrected chi connectivity index (χ2v) is 6.26. The van der Waals surface area contributed by atoms with E-state index in [2.05, 4.69) is 12.1 Å². The zero-order valence-corrected chi connectivity index (χ0v) is 11.0. The first-order chi connectivity index (χ1) is 8.13. The molecule has 1 aromatic rings. The van der Waals surface area contributed by atoms with E-state index in [0.29, 0.717) is 12.3 Å². The van der Waals surface area contributed by atoms with Gasteiger partial charge in [-0.3, -0.25) is 0 Å². The fourth-order valence-corrected chi connectivity index (χ4v) is 3.60. The number of aliphatic hydroxyl groups is 1. The van der Waals surface area contributed by atoms with Crippen molar-refractivity contribution in [3.05, 3.63) is 34.3 Å². The van der Waals surface area contributed by atoms with Crippen molar-refractivity contribution in [3.63, 3.8) is 0 Å². The molecule has 0 aromatic heterocycles. The van der Waals surface area contributed by atoms with Crippen LogP contribution >= 0.6 is 11.6 Å². The summed E-state index contributed by atoms with van der Waals surface area (Å²) in [4.78, 5) is 0. The molecule has 0 bridgehead atoms. The van der Waals surface area contributed by atoms with Gasteiger partial charge in [0.2, 0.25) is 0 Å². The van der Waals surface area contributed by atoms with E-state index < -0.39 is 0 Å². The van der Waals surface area contributed by atoms with E-state index in [1.807, 2.05) is 13.0 Å². The Morgan fingerprint density at radius 1 is 1.29 bits per heavy atom. The number of hydrogen-bond donors (Lipinski definition) is 1. The predicted molar refractivity (Wildman–Crippen MR) is 70.2 cm³/mol. The summed E-state index contributed by atoms with van der Waals surface area (Å²) >= 11 is 6.21. The normalized spacial score (nSPS) is 32.3. The Bertz CT molecular complexity index is 419. The van der Waals surface area contributed by atoms with Gasteiger partial charge in [0.05, 0.1) is 6.10 Å². The number of aliphatic hydroxyl groups excluding tert-OH is 1. The Balaban J connectivity index is 1.65. The molecule has 3 rings (SSSR count). The summed E-state index contributed by atoms with van der Waals surface area (Å²) in [7, 11) is 0. The highest BCUT2D eigenvalue weighted by Crippen LogP contribution is 2.55.